The van der Waals surface area contributed by atoms with Crippen LogP contribution >= 0.6 is 0 Å². The van der Waals surface area contributed by atoms with Crippen molar-refractivity contribution in [2.75, 3.05) is 6.54 Å². The topological polar surface area (TPSA) is 42.7 Å². The maximum Gasteiger partial charge on any atom is 0.156 e. The van der Waals surface area contributed by atoms with Gasteiger partial charge in [-0.25, -0.2) is 4.98 Å². The molecule has 0 spiro atoms. The molecule has 17 heavy (non-hydrogen) atoms. The van der Waals surface area contributed by atoms with Crippen LogP contribution in [0.5, 0.6) is 0 Å². The highest BCUT2D eigenvalue weighted by Gasteiger charge is 2.20. The molecule has 1 N–H and O–H groups in total. The average molecular weight is 238 g/mol. The number of nitrogens with zero attached hydrogens (tertiary/aromatic N) is 3. The summed E-state index contributed by atoms with van der Waals surface area (Å²) in [7, 11) is 1.98. The lowest BCUT2D eigenvalue weighted by Gasteiger charge is -2.12. The van der Waals surface area contributed by atoms with Gasteiger partial charge in [0.25, 0.3) is 0 Å². The predicted octanol–water partition coefficient (Wildman–Crippen LogP) is 2.04. The number of aryl methyl sites for hydroxylation is 2. The van der Waals surface area contributed by atoms with Crippen LogP contribution in [-0.4, -0.2) is 27.4 Å². The normalized spacial score (nSPS) is 12.4. The highest BCUT2D eigenvalue weighted by molar-refractivity contribution is 5.03. The zero-order valence-corrected chi connectivity index (χ0v) is 12.0. The largest absolute Gasteiger partial charge is 0.315 e. The van der Waals surface area contributed by atoms with Gasteiger partial charge in [0.1, 0.15) is 5.82 Å². The van der Waals surface area contributed by atoms with E-state index in [2.05, 4.69) is 50.0 Å². The third-order valence-corrected chi connectivity index (χ3v) is 2.65. The molecule has 0 atom stereocenters. The molecule has 0 aliphatic heterocycles. The Bertz CT molecular complexity index is 347. The SMILES string of the molecule is CC(C)NCCCc1nc(C(C)(C)C)nn1C. The summed E-state index contributed by atoms with van der Waals surface area (Å²) in [5.41, 5.74) is 0.0339. The van der Waals surface area contributed by atoms with E-state index in [-0.39, 0.29) is 5.41 Å². The number of hydrogen-bond donors (Lipinski definition) is 1. The van der Waals surface area contributed by atoms with E-state index in [9.17, 15) is 0 Å². The third kappa shape index (κ3) is 4.46. The zero-order valence-electron chi connectivity index (χ0n) is 12.0. The summed E-state index contributed by atoms with van der Waals surface area (Å²) >= 11 is 0. The van der Waals surface area contributed by atoms with Crippen molar-refractivity contribution in [3.63, 3.8) is 0 Å². The van der Waals surface area contributed by atoms with Crippen LogP contribution in [0.2, 0.25) is 0 Å². The van der Waals surface area contributed by atoms with Gasteiger partial charge in [0.2, 0.25) is 0 Å². The lowest BCUT2D eigenvalue weighted by atomic mass is 9.96. The van der Waals surface area contributed by atoms with E-state index < -0.39 is 0 Å². The van der Waals surface area contributed by atoms with Crippen molar-refractivity contribution >= 4 is 0 Å². The van der Waals surface area contributed by atoms with Crippen molar-refractivity contribution < 1.29 is 0 Å². The molecule has 0 bridgehead atoms. The zero-order chi connectivity index (χ0) is 13.1. The molecule has 0 aliphatic rings. The molecule has 1 aromatic rings. The molecule has 0 fully saturated rings. The Morgan fingerprint density at radius 3 is 2.41 bits per heavy atom. The smallest absolute Gasteiger partial charge is 0.156 e. The highest BCUT2D eigenvalue weighted by Crippen LogP contribution is 2.18. The van der Waals surface area contributed by atoms with Gasteiger partial charge in [0, 0.05) is 24.9 Å². The second-order valence-electron chi connectivity index (χ2n) is 5.94. The van der Waals surface area contributed by atoms with E-state index in [1.807, 2.05) is 11.7 Å². The lowest BCUT2D eigenvalue weighted by Crippen LogP contribution is -2.24. The van der Waals surface area contributed by atoms with Gasteiger partial charge < -0.3 is 5.32 Å². The van der Waals surface area contributed by atoms with Gasteiger partial charge in [0.05, 0.1) is 0 Å². The Morgan fingerprint density at radius 1 is 1.29 bits per heavy atom. The lowest BCUT2D eigenvalue weighted by molar-refractivity contribution is 0.538. The fraction of sp³-hybridized carbons (Fsp3) is 0.846. The summed E-state index contributed by atoms with van der Waals surface area (Å²) in [6.45, 7) is 11.8. The summed E-state index contributed by atoms with van der Waals surface area (Å²) in [5, 5.41) is 7.90. The summed E-state index contributed by atoms with van der Waals surface area (Å²) in [4.78, 5) is 4.62. The maximum atomic E-state index is 4.62. The molecule has 0 saturated carbocycles. The van der Waals surface area contributed by atoms with Gasteiger partial charge in [-0.15, -0.1) is 0 Å². The number of hydrogen-bond acceptors (Lipinski definition) is 3. The molecule has 0 unspecified atom stereocenters. The molecule has 1 aromatic heterocycles. The first-order chi connectivity index (χ1) is 7.80. The van der Waals surface area contributed by atoms with Crippen molar-refractivity contribution in [1.82, 2.24) is 20.1 Å². The second-order valence-corrected chi connectivity index (χ2v) is 5.94. The van der Waals surface area contributed by atoms with Crippen LogP contribution in [0.25, 0.3) is 0 Å². The highest BCUT2D eigenvalue weighted by atomic mass is 15.3. The molecule has 1 heterocycles. The van der Waals surface area contributed by atoms with Gasteiger partial charge >= 0.3 is 0 Å². The van der Waals surface area contributed by atoms with Crippen LogP contribution in [-0.2, 0) is 18.9 Å². The fourth-order valence-electron chi connectivity index (χ4n) is 1.59. The molecule has 98 valence electrons. The summed E-state index contributed by atoms with van der Waals surface area (Å²) in [6.07, 6.45) is 2.09. The van der Waals surface area contributed by atoms with Crippen LogP contribution in [0.3, 0.4) is 0 Å². The Balaban J connectivity index is 2.52. The standard InChI is InChI=1S/C13H26N4/c1-10(2)14-9-7-8-11-15-12(13(3,4)5)16-17(11)6/h10,14H,7-9H2,1-6H3. The van der Waals surface area contributed by atoms with Crippen molar-refractivity contribution in [3.05, 3.63) is 11.6 Å². The van der Waals surface area contributed by atoms with Crippen LogP contribution in [0.4, 0.5) is 0 Å². The molecule has 0 aliphatic carbocycles. The molecule has 0 radical (unpaired) electrons. The first kappa shape index (κ1) is 14.2. The quantitative estimate of drug-likeness (QED) is 0.798. The van der Waals surface area contributed by atoms with Gasteiger partial charge in [-0.05, 0) is 13.0 Å². The van der Waals surface area contributed by atoms with Crippen LogP contribution in [0.15, 0.2) is 0 Å². The summed E-state index contributed by atoms with van der Waals surface area (Å²) in [6, 6.07) is 0.555. The Labute approximate surface area is 105 Å². The predicted molar refractivity (Wildman–Crippen MR) is 71.2 cm³/mol. The van der Waals surface area contributed by atoms with Crippen LogP contribution in [0.1, 0.15) is 52.7 Å². The van der Waals surface area contributed by atoms with Gasteiger partial charge in [-0.3, -0.25) is 4.68 Å². The number of rotatable bonds is 5. The van der Waals surface area contributed by atoms with Gasteiger partial charge in [0.15, 0.2) is 5.82 Å². The molecule has 0 amide bonds. The van der Waals surface area contributed by atoms with Crippen molar-refractivity contribution in [1.29, 1.82) is 0 Å². The molecular weight excluding hydrogens is 212 g/mol. The minimum Gasteiger partial charge on any atom is -0.315 e. The molecule has 1 rings (SSSR count). The van der Waals surface area contributed by atoms with E-state index in [0.29, 0.717) is 6.04 Å². The third-order valence-electron chi connectivity index (χ3n) is 2.65. The first-order valence-electron chi connectivity index (χ1n) is 6.44. The minimum absolute atomic E-state index is 0.0339. The molecule has 4 heteroatoms. The van der Waals surface area contributed by atoms with Gasteiger partial charge in [-0.1, -0.05) is 34.6 Å². The number of aromatic nitrogens is 3. The Morgan fingerprint density at radius 2 is 1.94 bits per heavy atom. The fourth-order valence-corrected chi connectivity index (χ4v) is 1.59. The van der Waals surface area contributed by atoms with E-state index in [1.165, 1.54) is 0 Å². The average Bonchev–Trinajstić information content (AvgIpc) is 2.54. The molecule has 4 nitrogen and oxygen atoms in total. The Kier molecular flexibility index (Phi) is 4.69. The number of nitrogens with one attached hydrogen (secondary N) is 1. The summed E-state index contributed by atoms with van der Waals surface area (Å²) < 4.78 is 1.91. The first-order valence-corrected chi connectivity index (χ1v) is 6.44. The monoisotopic (exact) mass is 238 g/mol. The van der Waals surface area contributed by atoms with Crippen LogP contribution < -0.4 is 5.32 Å². The Hall–Kier alpha value is -0.900. The summed E-state index contributed by atoms with van der Waals surface area (Å²) in [5.74, 6) is 2.02. The van der Waals surface area contributed by atoms with Crippen molar-refractivity contribution in [2.24, 2.45) is 7.05 Å². The molecular formula is C13H26N4. The molecule has 0 aromatic carbocycles. The van der Waals surface area contributed by atoms with E-state index >= 15 is 0 Å². The van der Waals surface area contributed by atoms with Crippen LogP contribution in [0, 0.1) is 0 Å². The maximum absolute atomic E-state index is 4.62. The van der Waals surface area contributed by atoms with Crippen molar-refractivity contribution in [3.8, 4) is 0 Å². The second kappa shape index (κ2) is 5.63. The molecule has 0 saturated heterocycles. The van der Waals surface area contributed by atoms with Crippen molar-refractivity contribution in [2.45, 2.75) is 58.9 Å². The van der Waals surface area contributed by atoms with E-state index in [4.69, 9.17) is 0 Å². The van der Waals surface area contributed by atoms with Gasteiger partial charge in [-0.2, -0.15) is 5.10 Å². The van der Waals surface area contributed by atoms with E-state index in [0.717, 1.165) is 31.0 Å². The minimum atomic E-state index is 0.0339. The van der Waals surface area contributed by atoms with E-state index in [1.54, 1.807) is 0 Å².